The van der Waals surface area contributed by atoms with Gasteiger partial charge in [-0.05, 0) is 25.7 Å². The van der Waals surface area contributed by atoms with Gasteiger partial charge in [0, 0.05) is 25.0 Å². The molecular weight excluding hydrogens is 284 g/mol. The maximum absolute atomic E-state index is 12.6. The molecule has 2 heterocycles. The van der Waals surface area contributed by atoms with Crippen LogP contribution in [0.2, 0.25) is 0 Å². The summed E-state index contributed by atoms with van der Waals surface area (Å²) in [5.74, 6) is 0.129. The summed E-state index contributed by atoms with van der Waals surface area (Å²) in [5, 5.41) is 10.3. The summed E-state index contributed by atoms with van der Waals surface area (Å²) in [5.41, 5.74) is 0. The zero-order valence-electron chi connectivity index (χ0n) is 13.1. The van der Waals surface area contributed by atoms with Crippen molar-refractivity contribution in [2.24, 2.45) is 5.92 Å². The molecule has 0 aromatic heterocycles. The van der Waals surface area contributed by atoms with E-state index in [4.69, 9.17) is 4.74 Å². The van der Waals surface area contributed by atoms with Gasteiger partial charge in [-0.25, -0.2) is 0 Å². The molecule has 0 radical (unpaired) electrons. The number of amides is 2. The molecule has 3 aliphatic rings. The lowest BCUT2D eigenvalue weighted by Gasteiger charge is -2.38. The first-order chi connectivity index (χ1) is 10.7. The van der Waals surface area contributed by atoms with Gasteiger partial charge in [-0.2, -0.15) is 0 Å². The fourth-order valence-electron chi connectivity index (χ4n) is 4.11. The molecule has 2 amide bonds. The average molecular weight is 310 g/mol. The lowest BCUT2D eigenvalue weighted by Crippen LogP contribution is -2.51. The molecule has 3 rings (SSSR count). The second kappa shape index (κ2) is 6.96. The quantitative estimate of drug-likeness (QED) is 0.818. The van der Waals surface area contributed by atoms with Crippen LogP contribution in [-0.2, 0) is 14.3 Å². The topological polar surface area (TPSA) is 70.1 Å². The monoisotopic (exact) mass is 310 g/mol. The zero-order chi connectivity index (χ0) is 15.5. The summed E-state index contributed by atoms with van der Waals surface area (Å²) in [6.45, 7) is 1.99. The van der Waals surface area contributed by atoms with Crippen molar-refractivity contribution in [2.45, 2.75) is 50.7 Å². The molecule has 124 valence electrons. The van der Waals surface area contributed by atoms with E-state index in [-0.39, 0.29) is 43.0 Å². The Kier molecular flexibility index (Phi) is 4.98. The van der Waals surface area contributed by atoms with E-state index >= 15 is 0 Å². The van der Waals surface area contributed by atoms with Gasteiger partial charge in [0.2, 0.25) is 11.8 Å². The molecule has 22 heavy (non-hydrogen) atoms. The molecule has 2 saturated heterocycles. The van der Waals surface area contributed by atoms with Gasteiger partial charge in [-0.15, -0.1) is 0 Å². The molecule has 6 nitrogen and oxygen atoms in total. The molecule has 0 bridgehead atoms. The van der Waals surface area contributed by atoms with Crippen LogP contribution in [-0.4, -0.2) is 71.7 Å². The highest BCUT2D eigenvalue weighted by Crippen LogP contribution is 2.34. The number of rotatable bonds is 3. The molecular formula is C16H26N2O4. The van der Waals surface area contributed by atoms with Crippen LogP contribution in [0.25, 0.3) is 0 Å². The number of aliphatic hydroxyl groups excluding tert-OH is 1. The van der Waals surface area contributed by atoms with E-state index in [1.54, 1.807) is 4.90 Å². The van der Waals surface area contributed by atoms with Crippen LogP contribution in [0.1, 0.15) is 38.5 Å². The maximum atomic E-state index is 12.6. The minimum Gasteiger partial charge on any atom is -0.393 e. The van der Waals surface area contributed by atoms with E-state index in [1.165, 1.54) is 0 Å². The smallest absolute Gasteiger partial charge is 0.249 e. The van der Waals surface area contributed by atoms with Gasteiger partial charge in [0.25, 0.3) is 0 Å². The summed E-state index contributed by atoms with van der Waals surface area (Å²) in [6.07, 6.45) is 5.78. The molecule has 0 spiro atoms. The van der Waals surface area contributed by atoms with Crippen molar-refractivity contribution in [1.29, 1.82) is 0 Å². The van der Waals surface area contributed by atoms with Crippen molar-refractivity contribution in [3.05, 3.63) is 0 Å². The molecule has 2 aliphatic heterocycles. The van der Waals surface area contributed by atoms with Crippen LogP contribution >= 0.6 is 0 Å². The van der Waals surface area contributed by atoms with Gasteiger partial charge < -0.3 is 19.6 Å². The largest absolute Gasteiger partial charge is 0.393 e. The first kappa shape index (κ1) is 15.7. The van der Waals surface area contributed by atoms with E-state index in [9.17, 15) is 14.7 Å². The van der Waals surface area contributed by atoms with Crippen LogP contribution in [0.15, 0.2) is 0 Å². The molecule has 0 aromatic carbocycles. The van der Waals surface area contributed by atoms with Crippen molar-refractivity contribution < 1.29 is 19.4 Å². The number of nitrogens with zero attached hydrogens (tertiary/aromatic N) is 2. The van der Waals surface area contributed by atoms with E-state index in [1.807, 2.05) is 4.90 Å². The Morgan fingerprint density at radius 2 is 2.00 bits per heavy atom. The Bertz CT molecular complexity index is 428. The number of carbonyl (C=O) groups excluding carboxylic acids is 2. The lowest BCUT2D eigenvalue weighted by atomic mass is 9.80. The molecule has 3 atom stereocenters. The highest BCUT2D eigenvalue weighted by Gasteiger charge is 2.39. The van der Waals surface area contributed by atoms with Crippen molar-refractivity contribution >= 4 is 11.8 Å². The fourth-order valence-corrected chi connectivity index (χ4v) is 4.11. The second-order valence-corrected chi connectivity index (χ2v) is 6.68. The van der Waals surface area contributed by atoms with Gasteiger partial charge >= 0.3 is 0 Å². The van der Waals surface area contributed by atoms with Crippen molar-refractivity contribution in [3.63, 3.8) is 0 Å². The molecule has 0 unspecified atom stereocenters. The standard InChI is InChI=1S/C16H26N2O4/c19-14-6-2-1-4-12(14)13-5-3-7-18(13)15(20)10-17-8-9-22-11-16(17)21/h12-14,19H,1-11H2/t12-,13+,14-/m0/s1. The summed E-state index contributed by atoms with van der Waals surface area (Å²) in [7, 11) is 0. The summed E-state index contributed by atoms with van der Waals surface area (Å²) >= 11 is 0. The number of hydrogen-bond donors (Lipinski definition) is 1. The van der Waals surface area contributed by atoms with Gasteiger partial charge in [-0.3, -0.25) is 9.59 Å². The van der Waals surface area contributed by atoms with E-state index in [2.05, 4.69) is 0 Å². The predicted octanol–water partition coefficient (Wildman–Crippen LogP) is 0.387. The van der Waals surface area contributed by atoms with Crippen molar-refractivity contribution in [1.82, 2.24) is 9.80 Å². The minimum absolute atomic E-state index is 0.0236. The molecule has 3 fully saturated rings. The van der Waals surface area contributed by atoms with Gasteiger partial charge in [0.05, 0.1) is 19.3 Å². The van der Waals surface area contributed by atoms with Gasteiger partial charge in [0.1, 0.15) is 6.61 Å². The Labute approximate surface area is 131 Å². The average Bonchev–Trinajstić information content (AvgIpc) is 2.99. The van der Waals surface area contributed by atoms with Crippen LogP contribution < -0.4 is 0 Å². The molecule has 1 aliphatic carbocycles. The number of hydrogen-bond acceptors (Lipinski definition) is 4. The van der Waals surface area contributed by atoms with Crippen molar-refractivity contribution in [2.75, 3.05) is 32.8 Å². The molecule has 1 N–H and O–H groups in total. The third-order valence-electron chi connectivity index (χ3n) is 5.31. The summed E-state index contributed by atoms with van der Waals surface area (Å²) in [6, 6.07) is 0.152. The van der Waals surface area contributed by atoms with Crippen LogP contribution in [0.5, 0.6) is 0 Å². The number of carbonyl (C=O) groups is 2. The molecule has 6 heteroatoms. The molecule has 0 aromatic rings. The number of aliphatic hydroxyl groups is 1. The third kappa shape index (κ3) is 3.27. The van der Waals surface area contributed by atoms with E-state index < -0.39 is 0 Å². The van der Waals surface area contributed by atoms with E-state index in [0.717, 1.165) is 45.1 Å². The SMILES string of the molecule is O=C1COCCN1CC(=O)N1CCC[C@@H]1[C@@H]1CCCC[C@@H]1O. The van der Waals surface area contributed by atoms with Gasteiger partial charge in [-0.1, -0.05) is 12.8 Å². The van der Waals surface area contributed by atoms with Crippen LogP contribution in [0.3, 0.4) is 0 Å². The van der Waals surface area contributed by atoms with Crippen LogP contribution in [0, 0.1) is 5.92 Å². The zero-order valence-corrected chi connectivity index (χ0v) is 13.1. The number of ether oxygens (including phenoxy) is 1. The Hall–Kier alpha value is -1.14. The van der Waals surface area contributed by atoms with E-state index in [0.29, 0.717) is 13.2 Å². The highest BCUT2D eigenvalue weighted by molar-refractivity contribution is 5.86. The Morgan fingerprint density at radius 3 is 2.77 bits per heavy atom. The number of likely N-dealkylation sites (tertiary alicyclic amines) is 1. The van der Waals surface area contributed by atoms with Gasteiger partial charge in [0.15, 0.2) is 0 Å². The minimum atomic E-state index is -0.280. The fraction of sp³-hybridized carbons (Fsp3) is 0.875. The summed E-state index contributed by atoms with van der Waals surface area (Å²) < 4.78 is 5.10. The summed E-state index contributed by atoms with van der Waals surface area (Å²) in [4.78, 5) is 27.9. The number of morpholine rings is 1. The third-order valence-corrected chi connectivity index (χ3v) is 5.31. The maximum Gasteiger partial charge on any atom is 0.249 e. The Morgan fingerprint density at radius 1 is 1.18 bits per heavy atom. The first-order valence-electron chi connectivity index (χ1n) is 8.50. The van der Waals surface area contributed by atoms with Crippen molar-refractivity contribution in [3.8, 4) is 0 Å². The van der Waals surface area contributed by atoms with Crippen LogP contribution in [0.4, 0.5) is 0 Å². The first-order valence-corrected chi connectivity index (χ1v) is 8.50. The lowest BCUT2D eigenvalue weighted by molar-refractivity contribution is -0.149. The highest BCUT2D eigenvalue weighted by atomic mass is 16.5. The molecule has 1 saturated carbocycles. The normalized spacial score (nSPS) is 33.3. The predicted molar refractivity (Wildman–Crippen MR) is 80.1 cm³/mol. The Balaban J connectivity index is 1.62. The second-order valence-electron chi connectivity index (χ2n) is 6.68.